The number of nitrogens with zero attached hydrogens (tertiary/aromatic N) is 3. The fourth-order valence-corrected chi connectivity index (χ4v) is 3.54. The van der Waals surface area contributed by atoms with Crippen LogP contribution in [0.4, 0.5) is 10.2 Å². The number of aliphatic hydroxyl groups is 1. The van der Waals surface area contributed by atoms with Crippen LogP contribution >= 0.6 is 0 Å². The van der Waals surface area contributed by atoms with E-state index < -0.39 is 11.9 Å². The van der Waals surface area contributed by atoms with E-state index in [2.05, 4.69) is 25.6 Å². The van der Waals surface area contributed by atoms with E-state index in [-0.39, 0.29) is 18.9 Å². The third-order valence-corrected chi connectivity index (χ3v) is 4.99. The molecule has 4 aromatic rings. The van der Waals surface area contributed by atoms with E-state index in [9.17, 15) is 14.3 Å². The zero-order valence-corrected chi connectivity index (χ0v) is 17.0. The molecule has 3 heterocycles. The summed E-state index contributed by atoms with van der Waals surface area (Å²) in [7, 11) is 3.72. The van der Waals surface area contributed by atoms with Crippen molar-refractivity contribution < 1.29 is 14.3 Å². The second-order valence-electron chi connectivity index (χ2n) is 7.34. The second kappa shape index (κ2) is 7.75. The maximum Gasteiger partial charge on any atom is 0.222 e. The molecule has 0 aliphatic rings. The van der Waals surface area contributed by atoms with Gasteiger partial charge >= 0.3 is 0 Å². The molecular formula is C21H23FN6O2. The first kappa shape index (κ1) is 19.8. The molecule has 0 radical (unpaired) electrons. The molecule has 1 atom stereocenters. The molecule has 1 aromatic carbocycles. The number of imidazole rings is 1. The molecule has 4 rings (SSSR count). The normalized spacial score (nSPS) is 12.4. The van der Waals surface area contributed by atoms with Crippen LogP contribution in [0.1, 0.15) is 18.9 Å². The molecule has 0 spiro atoms. The highest BCUT2D eigenvalue weighted by atomic mass is 19.1. The summed E-state index contributed by atoms with van der Waals surface area (Å²) >= 11 is 0. The van der Waals surface area contributed by atoms with Gasteiger partial charge in [-0.05, 0) is 36.8 Å². The van der Waals surface area contributed by atoms with Crippen LogP contribution in [0.25, 0.3) is 33.3 Å². The van der Waals surface area contributed by atoms with Crippen molar-refractivity contribution in [3.63, 3.8) is 0 Å². The van der Waals surface area contributed by atoms with E-state index >= 15 is 0 Å². The van der Waals surface area contributed by atoms with Gasteiger partial charge in [0.15, 0.2) is 5.82 Å². The molecule has 3 aromatic heterocycles. The summed E-state index contributed by atoms with van der Waals surface area (Å²) in [5.74, 6) is -0.0632. The summed E-state index contributed by atoms with van der Waals surface area (Å²) < 4.78 is 16.2. The van der Waals surface area contributed by atoms with Crippen molar-refractivity contribution in [2.75, 3.05) is 12.4 Å². The lowest BCUT2D eigenvalue weighted by molar-refractivity contribution is -0.122. The number of H-pyrrole nitrogens is 1. The monoisotopic (exact) mass is 410 g/mol. The highest BCUT2D eigenvalue weighted by molar-refractivity contribution is 6.07. The Balaban J connectivity index is 1.71. The van der Waals surface area contributed by atoms with E-state index in [0.717, 1.165) is 27.7 Å². The molecule has 1 unspecified atom stereocenters. The molecule has 0 aliphatic heterocycles. The topological polar surface area (TPSA) is 108 Å². The van der Waals surface area contributed by atoms with E-state index in [4.69, 9.17) is 0 Å². The quantitative estimate of drug-likeness (QED) is 0.391. The number of aryl methyl sites for hydroxylation is 1. The first-order valence-electron chi connectivity index (χ1n) is 9.62. The lowest BCUT2D eigenvalue weighted by atomic mass is 10.1. The van der Waals surface area contributed by atoms with Gasteiger partial charge in [0, 0.05) is 37.3 Å². The van der Waals surface area contributed by atoms with Crippen molar-refractivity contribution in [1.82, 2.24) is 24.8 Å². The average Bonchev–Trinajstić information content (AvgIpc) is 3.29. The number of aromatic nitrogens is 4. The predicted octanol–water partition coefficient (Wildman–Crippen LogP) is 2.68. The Morgan fingerprint density at radius 2 is 2.17 bits per heavy atom. The second-order valence-corrected chi connectivity index (χ2v) is 7.34. The SMILES string of the molecule is CNc1nc2[nH]c(-c3ccc(F)c(CNC(=O)CC(C)O)c3)cc2c2c1ncn2C. The third-order valence-electron chi connectivity index (χ3n) is 4.99. The largest absolute Gasteiger partial charge is 0.393 e. The number of amides is 1. The van der Waals surface area contributed by atoms with Crippen molar-refractivity contribution in [3.05, 3.63) is 42.0 Å². The van der Waals surface area contributed by atoms with Crippen molar-refractivity contribution >= 4 is 33.8 Å². The Bertz CT molecular complexity index is 1240. The zero-order chi connectivity index (χ0) is 21.4. The van der Waals surface area contributed by atoms with Crippen LogP contribution in [0, 0.1) is 5.82 Å². The van der Waals surface area contributed by atoms with Crippen molar-refractivity contribution in [3.8, 4) is 11.3 Å². The summed E-state index contributed by atoms with van der Waals surface area (Å²) in [5, 5.41) is 15.9. The zero-order valence-electron chi connectivity index (χ0n) is 17.0. The third kappa shape index (κ3) is 3.59. The van der Waals surface area contributed by atoms with E-state index in [1.807, 2.05) is 17.7 Å². The van der Waals surface area contributed by atoms with Gasteiger partial charge in [0.05, 0.1) is 24.4 Å². The Kier molecular flexibility index (Phi) is 5.13. The smallest absolute Gasteiger partial charge is 0.222 e. The van der Waals surface area contributed by atoms with Crippen molar-refractivity contribution in [2.45, 2.75) is 26.0 Å². The summed E-state index contributed by atoms with van der Waals surface area (Å²) in [6.45, 7) is 1.57. The van der Waals surface area contributed by atoms with Crippen LogP contribution in [0.3, 0.4) is 0 Å². The lowest BCUT2D eigenvalue weighted by Gasteiger charge is -2.09. The minimum atomic E-state index is -0.744. The molecule has 8 nitrogen and oxygen atoms in total. The van der Waals surface area contributed by atoms with Gasteiger partial charge in [-0.25, -0.2) is 14.4 Å². The van der Waals surface area contributed by atoms with Gasteiger partial charge in [-0.15, -0.1) is 0 Å². The van der Waals surface area contributed by atoms with Crippen LogP contribution in [0.2, 0.25) is 0 Å². The summed E-state index contributed by atoms with van der Waals surface area (Å²) in [4.78, 5) is 24.1. The Morgan fingerprint density at radius 3 is 2.90 bits per heavy atom. The van der Waals surface area contributed by atoms with Crippen molar-refractivity contribution in [2.24, 2.45) is 7.05 Å². The van der Waals surface area contributed by atoms with E-state index in [0.29, 0.717) is 17.0 Å². The Labute approximate surface area is 172 Å². The van der Waals surface area contributed by atoms with Gasteiger partial charge in [0.1, 0.15) is 17.0 Å². The number of fused-ring (bicyclic) bond motifs is 3. The van der Waals surface area contributed by atoms with E-state index in [1.54, 1.807) is 25.5 Å². The van der Waals surface area contributed by atoms with Gasteiger partial charge in [-0.3, -0.25) is 4.79 Å². The number of hydrogen-bond donors (Lipinski definition) is 4. The van der Waals surface area contributed by atoms with Crippen LogP contribution in [0.15, 0.2) is 30.6 Å². The maximum absolute atomic E-state index is 14.3. The number of hydrogen-bond acceptors (Lipinski definition) is 5. The number of carbonyl (C=O) groups excluding carboxylic acids is 1. The summed E-state index contributed by atoms with van der Waals surface area (Å²) in [6, 6.07) is 6.72. The number of aromatic amines is 1. The van der Waals surface area contributed by atoms with Crippen LogP contribution in [0.5, 0.6) is 0 Å². The Morgan fingerprint density at radius 1 is 1.37 bits per heavy atom. The molecule has 30 heavy (non-hydrogen) atoms. The summed E-state index contributed by atoms with van der Waals surface area (Å²) in [6.07, 6.45) is 0.973. The first-order chi connectivity index (χ1) is 14.4. The van der Waals surface area contributed by atoms with Crippen LogP contribution in [-0.2, 0) is 18.4 Å². The fourth-order valence-electron chi connectivity index (χ4n) is 3.54. The van der Waals surface area contributed by atoms with Gasteiger partial charge in [-0.1, -0.05) is 0 Å². The number of benzene rings is 1. The first-order valence-corrected chi connectivity index (χ1v) is 9.62. The molecule has 4 N–H and O–H groups in total. The predicted molar refractivity (Wildman–Crippen MR) is 113 cm³/mol. The number of anilines is 1. The van der Waals surface area contributed by atoms with Gasteiger partial charge in [-0.2, -0.15) is 0 Å². The highest BCUT2D eigenvalue weighted by Gasteiger charge is 2.16. The number of halogens is 1. The molecule has 0 saturated heterocycles. The minimum absolute atomic E-state index is 0.0243. The van der Waals surface area contributed by atoms with Gasteiger partial charge in [0.25, 0.3) is 0 Å². The fraction of sp³-hybridized carbons (Fsp3) is 0.286. The molecule has 0 bridgehead atoms. The maximum atomic E-state index is 14.3. The number of nitrogens with one attached hydrogen (secondary N) is 3. The van der Waals surface area contributed by atoms with Crippen LogP contribution in [-0.4, -0.2) is 43.7 Å². The Hall–Kier alpha value is -3.46. The van der Waals surface area contributed by atoms with Crippen molar-refractivity contribution in [1.29, 1.82) is 0 Å². The number of rotatable bonds is 6. The molecule has 0 aliphatic carbocycles. The lowest BCUT2D eigenvalue weighted by Crippen LogP contribution is -2.26. The minimum Gasteiger partial charge on any atom is -0.393 e. The van der Waals surface area contributed by atoms with E-state index in [1.165, 1.54) is 13.0 Å². The number of carbonyl (C=O) groups is 1. The molecule has 1 amide bonds. The standard InChI is InChI=1S/C21H23FN6O2/c1-11(29)6-17(30)24-9-13-7-12(4-5-15(13)22)16-8-14-19-18(25-10-28(19)3)21(23-2)27-20(14)26-16/h4-5,7-8,10-11,29H,6,9H2,1-3H3,(H,24,30)(H2,23,26,27). The molecule has 0 saturated carbocycles. The van der Waals surface area contributed by atoms with Gasteiger partial charge < -0.3 is 25.3 Å². The molecule has 9 heteroatoms. The highest BCUT2D eigenvalue weighted by Crippen LogP contribution is 2.32. The van der Waals surface area contributed by atoms with Gasteiger partial charge in [0.2, 0.25) is 5.91 Å². The molecular weight excluding hydrogens is 387 g/mol. The van der Waals surface area contributed by atoms with Crippen LogP contribution < -0.4 is 10.6 Å². The average molecular weight is 410 g/mol. The number of aliphatic hydroxyl groups excluding tert-OH is 1. The number of pyridine rings is 1. The molecule has 156 valence electrons. The molecule has 0 fully saturated rings. The summed E-state index contributed by atoms with van der Waals surface area (Å²) in [5.41, 5.74) is 4.33.